The van der Waals surface area contributed by atoms with Crippen LogP contribution in [-0.2, 0) is 43.6 Å². The zero-order valence-corrected chi connectivity index (χ0v) is 29.8. The van der Waals surface area contributed by atoms with Crippen molar-refractivity contribution in [1.29, 1.82) is 0 Å². The summed E-state index contributed by atoms with van der Waals surface area (Å²) in [5.74, 6) is -4.22. The quantitative estimate of drug-likeness (QED) is 0.133. The van der Waals surface area contributed by atoms with Gasteiger partial charge < -0.3 is 26.4 Å². The number of hydrogen-bond acceptors (Lipinski definition) is 7. The minimum atomic E-state index is -3.87. The van der Waals surface area contributed by atoms with Gasteiger partial charge in [0, 0.05) is 39.0 Å². The summed E-state index contributed by atoms with van der Waals surface area (Å²) in [5.41, 5.74) is 2.28. The molecule has 0 bridgehead atoms. The van der Waals surface area contributed by atoms with Crippen molar-refractivity contribution in [3.8, 4) is 0 Å². The zero-order chi connectivity index (χ0) is 35.0. The number of carbonyl (C=O) groups is 3. The van der Waals surface area contributed by atoms with Gasteiger partial charge in [0.1, 0.15) is 17.7 Å². The molecule has 0 aliphatic heterocycles. The Balaban J connectivity index is 0.0000115. The predicted octanol–water partition coefficient (Wildman–Crippen LogP) is 3.52. The van der Waals surface area contributed by atoms with E-state index < -0.39 is 62.5 Å². The number of hydrogen-bond donors (Lipinski definition) is 5. The van der Waals surface area contributed by atoms with Crippen LogP contribution in [0.15, 0.2) is 42.5 Å². The number of nitrogens with one attached hydrogen (secondary N) is 4. The number of aliphatic hydroxyl groups excluding tert-OH is 1. The van der Waals surface area contributed by atoms with Crippen molar-refractivity contribution in [1.82, 2.24) is 21.3 Å². The Morgan fingerprint density at radius 3 is 2.10 bits per heavy atom. The molecule has 0 saturated heterocycles. The second kappa shape index (κ2) is 21.8. The lowest BCUT2D eigenvalue weighted by Crippen LogP contribution is -2.57. The highest BCUT2D eigenvalue weighted by Gasteiger charge is 2.34. The fourth-order valence-corrected chi connectivity index (χ4v) is 7.49. The van der Waals surface area contributed by atoms with Gasteiger partial charge in [0.25, 0.3) is 0 Å². The van der Waals surface area contributed by atoms with Crippen molar-refractivity contribution in [2.45, 2.75) is 103 Å². The van der Waals surface area contributed by atoms with Gasteiger partial charge in [0.05, 0.1) is 23.1 Å². The highest BCUT2D eigenvalue weighted by atomic mass is 35.5. The molecule has 5 N–H and O–H groups in total. The van der Waals surface area contributed by atoms with E-state index in [9.17, 15) is 36.7 Å². The molecule has 0 saturated carbocycles. The van der Waals surface area contributed by atoms with Crippen molar-refractivity contribution in [3.63, 3.8) is 0 Å². The van der Waals surface area contributed by atoms with Crippen molar-refractivity contribution in [2.75, 3.05) is 18.8 Å². The topological polar surface area (TPSA) is 154 Å². The lowest BCUT2D eigenvalue weighted by Gasteiger charge is -2.28. The van der Waals surface area contributed by atoms with Crippen molar-refractivity contribution in [2.24, 2.45) is 0 Å². The van der Waals surface area contributed by atoms with E-state index in [2.05, 4.69) is 21.3 Å². The van der Waals surface area contributed by atoms with Crippen molar-refractivity contribution < 1.29 is 36.7 Å². The van der Waals surface area contributed by atoms with E-state index >= 15 is 0 Å². The van der Waals surface area contributed by atoms with Gasteiger partial charge in [-0.25, -0.2) is 17.2 Å². The lowest BCUT2D eigenvalue weighted by molar-refractivity contribution is -0.129. The Morgan fingerprint density at radius 1 is 0.896 bits per heavy atom. The summed E-state index contributed by atoms with van der Waals surface area (Å²) in [5, 5.41) is 21.3. The number of aryl methyl sites for hydroxylation is 1. The SMILES string of the molecule is CCCC(CCC)S(=O)(=O)C[C@@H](NC(=O)CCNC(C)=O)C(=O)N[C@@H](Cc1cc(F)cc(F)c1)[C@H](O)CNCc1cccc(CC)c1.Cl. The molecule has 3 atom stereocenters. The second-order valence-electron chi connectivity index (χ2n) is 11.9. The smallest absolute Gasteiger partial charge is 0.243 e. The summed E-state index contributed by atoms with van der Waals surface area (Å²) in [6, 6.07) is 8.14. The summed E-state index contributed by atoms with van der Waals surface area (Å²) in [6.45, 7) is 7.42. The molecule has 0 radical (unpaired) electrons. The molecular formula is C34H51ClF2N4O6S. The first-order chi connectivity index (χ1) is 22.3. The molecule has 270 valence electrons. The number of aliphatic hydroxyl groups is 1. The minimum Gasteiger partial charge on any atom is -0.390 e. The number of halogens is 3. The first-order valence-electron chi connectivity index (χ1n) is 16.2. The van der Waals surface area contributed by atoms with Crippen LogP contribution in [0.2, 0.25) is 0 Å². The van der Waals surface area contributed by atoms with Crippen LogP contribution in [-0.4, -0.2) is 73.5 Å². The average Bonchev–Trinajstić information content (AvgIpc) is 2.99. The molecule has 10 nitrogen and oxygen atoms in total. The number of carbonyl (C=O) groups excluding carboxylic acids is 3. The maximum Gasteiger partial charge on any atom is 0.243 e. The molecule has 0 spiro atoms. The van der Waals surface area contributed by atoms with Crippen molar-refractivity contribution >= 4 is 40.0 Å². The Morgan fingerprint density at radius 2 is 1.52 bits per heavy atom. The number of sulfone groups is 1. The van der Waals surface area contributed by atoms with Crippen LogP contribution in [0, 0.1) is 11.6 Å². The van der Waals surface area contributed by atoms with E-state index in [0.717, 1.165) is 29.7 Å². The lowest BCUT2D eigenvalue weighted by atomic mass is 10.00. The van der Waals surface area contributed by atoms with Crippen LogP contribution >= 0.6 is 12.4 Å². The third-order valence-corrected chi connectivity index (χ3v) is 10.0. The Hall–Kier alpha value is -3.13. The molecule has 3 amide bonds. The molecule has 0 fully saturated rings. The monoisotopic (exact) mass is 716 g/mol. The number of benzene rings is 2. The fourth-order valence-electron chi connectivity index (χ4n) is 5.33. The normalized spacial score (nSPS) is 13.2. The summed E-state index contributed by atoms with van der Waals surface area (Å²) < 4.78 is 55.1. The van der Waals surface area contributed by atoms with E-state index in [1.54, 1.807) is 0 Å². The number of amides is 3. The standard InChI is InChI=1S/C34H50F2N4O6S.ClH/c1-5-9-29(10-6-2)47(45,46)22-31(39-33(43)13-14-38-23(4)41)34(44)40-30(18-26-16-27(35)19-28(36)17-26)32(42)21-37-20-25-12-8-11-24(7-3)15-25;/h8,11-12,15-17,19,29-32,37,42H,5-7,9-10,13-14,18,20-22H2,1-4H3,(H,38,41)(H,39,43)(H,40,44);1H/t30-,31+,32+;/m0./s1. The highest BCUT2D eigenvalue weighted by Crippen LogP contribution is 2.18. The van der Waals surface area contributed by atoms with Gasteiger partial charge in [0.15, 0.2) is 9.84 Å². The molecule has 0 heterocycles. The third-order valence-electron chi connectivity index (χ3n) is 7.76. The van der Waals surface area contributed by atoms with Gasteiger partial charge in [-0.1, -0.05) is 57.9 Å². The van der Waals surface area contributed by atoms with Crippen molar-refractivity contribution in [3.05, 3.63) is 70.8 Å². The Kier molecular flexibility index (Phi) is 19.4. The molecule has 0 aliphatic rings. The largest absolute Gasteiger partial charge is 0.390 e. The first-order valence-corrected chi connectivity index (χ1v) is 18.0. The second-order valence-corrected chi connectivity index (χ2v) is 14.2. The summed E-state index contributed by atoms with van der Waals surface area (Å²) in [7, 11) is -3.87. The molecular weight excluding hydrogens is 666 g/mol. The Bertz CT molecular complexity index is 1410. The van der Waals surface area contributed by atoms with Crippen LogP contribution in [0.4, 0.5) is 8.78 Å². The molecule has 2 rings (SSSR count). The summed E-state index contributed by atoms with van der Waals surface area (Å²) in [6.07, 6.45) is 1.21. The highest BCUT2D eigenvalue weighted by molar-refractivity contribution is 7.92. The molecule has 48 heavy (non-hydrogen) atoms. The zero-order valence-electron chi connectivity index (χ0n) is 28.2. The van der Waals surface area contributed by atoms with Crippen LogP contribution in [0.1, 0.15) is 76.5 Å². The van der Waals surface area contributed by atoms with E-state index in [0.29, 0.717) is 38.3 Å². The fraction of sp³-hybridized carbons (Fsp3) is 0.559. The van der Waals surface area contributed by atoms with E-state index in [4.69, 9.17) is 0 Å². The molecule has 2 aromatic rings. The van der Waals surface area contributed by atoms with Crippen LogP contribution in [0.5, 0.6) is 0 Å². The van der Waals surface area contributed by atoms with E-state index in [1.165, 1.54) is 6.92 Å². The van der Waals surface area contributed by atoms with Crippen LogP contribution in [0.25, 0.3) is 0 Å². The number of rotatable bonds is 21. The maximum absolute atomic E-state index is 14.1. The van der Waals surface area contributed by atoms with Gasteiger partial charge in [0.2, 0.25) is 17.7 Å². The first kappa shape index (κ1) is 42.9. The molecule has 0 unspecified atom stereocenters. The average molecular weight is 717 g/mol. The van der Waals surface area contributed by atoms with Gasteiger partial charge >= 0.3 is 0 Å². The van der Waals surface area contributed by atoms with Gasteiger partial charge in [-0.3, -0.25) is 14.4 Å². The maximum atomic E-state index is 14.1. The van der Waals surface area contributed by atoms with Gasteiger partial charge in [-0.05, 0) is 54.5 Å². The van der Waals surface area contributed by atoms with E-state index in [1.807, 2.05) is 45.0 Å². The molecule has 2 aromatic carbocycles. The third kappa shape index (κ3) is 15.4. The molecule has 14 heteroatoms. The minimum absolute atomic E-state index is 0. The van der Waals surface area contributed by atoms with Gasteiger partial charge in [-0.15, -0.1) is 12.4 Å². The Labute approximate surface area is 289 Å². The summed E-state index contributed by atoms with van der Waals surface area (Å²) >= 11 is 0. The van der Waals surface area contributed by atoms with Crippen LogP contribution in [0.3, 0.4) is 0 Å². The molecule has 0 aromatic heterocycles. The summed E-state index contributed by atoms with van der Waals surface area (Å²) in [4.78, 5) is 37.8. The van der Waals surface area contributed by atoms with Crippen LogP contribution < -0.4 is 21.3 Å². The predicted molar refractivity (Wildman–Crippen MR) is 185 cm³/mol. The van der Waals surface area contributed by atoms with E-state index in [-0.39, 0.29) is 49.8 Å². The molecule has 0 aliphatic carbocycles. The van der Waals surface area contributed by atoms with Gasteiger partial charge in [-0.2, -0.15) is 0 Å².